The first-order chi connectivity index (χ1) is 15.7. The Morgan fingerprint density at radius 3 is 2.62 bits per heavy atom. The summed E-state index contributed by atoms with van der Waals surface area (Å²) in [6.45, 7) is 1.62. The number of thiophene rings is 1. The monoisotopic (exact) mass is 483 g/mol. The standard InChI is InChI=1S/C24H22ClN3O2S2/c25-21-18-8-4-5-9-19(18)32-22(21)23-26-27-24(30-23)31-15-20(29)28-12-10-17(11-13-28)14-16-6-2-1-3-7-16/h1-9,17H,10-15H2. The first-order valence-corrected chi connectivity index (χ1v) is 12.8. The summed E-state index contributed by atoms with van der Waals surface area (Å²) < 4.78 is 6.87. The number of halogens is 1. The van der Waals surface area contributed by atoms with E-state index in [-0.39, 0.29) is 5.91 Å². The first kappa shape index (κ1) is 21.5. The van der Waals surface area contributed by atoms with Crippen LogP contribution < -0.4 is 0 Å². The highest BCUT2D eigenvalue weighted by Crippen LogP contribution is 2.41. The maximum Gasteiger partial charge on any atom is 0.277 e. The fourth-order valence-corrected chi connectivity index (χ4v) is 6.16. The molecule has 0 aliphatic carbocycles. The average Bonchev–Trinajstić information content (AvgIpc) is 3.43. The number of carbonyl (C=O) groups is 1. The topological polar surface area (TPSA) is 59.2 Å². The molecule has 1 fully saturated rings. The fourth-order valence-electron chi connectivity index (χ4n) is 4.06. The zero-order chi connectivity index (χ0) is 21.9. The van der Waals surface area contributed by atoms with E-state index in [1.54, 1.807) is 0 Å². The predicted octanol–water partition coefficient (Wildman–Crippen LogP) is 6.18. The number of fused-ring (bicyclic) bond motifs is 1. The maximum atomic E-state index is 12.7. The highest BCUT2D eigenvalue weighted by molar-refractivity contribution is 7.99. The molecule has 1 aliphatic rings. The van der Waals surface area contributed by atoms with E-state index in [9.17, 15) is 4.79 Å². The van der Waals surface area contributed by atoms with Crippen LogP contribution in [0.25, 0.3) is 20.9 Å². The number of piperidine rings is 1. The van der Waals surface area contributed by atoms with Crippen LogP contribution >= 0.6 is 34.7 Å². The summed E-state index contributed by atoms with van der Waals surface area (Å²) in [5.74, 6) is 1.45. The Balaban J connectivity index is 1.14. The molecule has 2 aromatic heterocycles. The molecule has 0 radical (unpaired) electrons. The summed E-state index contributed by atoms with van der Waals surface area (Å²) in [7, 11) is 0. The molecule has 3 heterocycles. The minimum Gasteiger partial charge on any atom is -0.410 e. The van der Waals surface area contributed by atoms with Crippen LogP contribution in [0, 0.1) is 5.92 Å². The molecule has 164 valence electrons. The summed E-state index contributed by atoms with van der Waals surface area (Å²) in [6, 6.07) is 18.5. The molecule has 0 bridgehead atoms. The van der Waals surface area contributed by atoms with Gasteiger partial charge in [0.25, 0.3) is 11.1 Å². The molecule has 4 aromatic rings. The molecule has 1 amide bonds. The molecule has 0 unspecified atom stereocenters. The van der Waals surface area contributed by atoms with Gasteiger partial charge < -0.3 is 9.32 Å². The second-order valence-corrected chi connectivity index (χ2v) is 10.3. The number of hydrogen-bond donors (Lipinski definition) is 0. The molecule has 1 aliphatic heterocycles. The van der Waals surface area contributed by atoms with Crippen molar-refractivity contribution in [3.8, 4) is 10.8 Å². The lowest BCUT2D eigenvalue weighted by Crippen LogP contribution is -2.39. The van der Waals surface area contributed by atoms with Crippen LogP contribution in [0.3, 0.4) is 0 Å². The van der Waals surface area contributed by atoms with Gasteiger partial charge in [0.1, 0.15) is 4.88 Å². The lowest BCUT2D eigenvalue weighted by atomic mass is 9.90. The van der Waals surface area contributed by atoms with E-state index < -0.39 is 0 Å². The number of aromatic nitrogens is 2. The van der Waals surface area contributed by atoms with Gasteiger partial charge in [0.2, 0.25) is 5.91 Å². The van der Waals surface area contributed by atoms with Crippen molar-refractivity contribution in [1.29, 1.82) is 0 Å². The van der Waals surface area contributed by atoms with Crippen LogP contribution in [0.1, 0.15) is 18.4 Å². The van der Waals surface area contributed by atoms with Gasteiger partial charge in [0.05, 0.1) is 10.8 Å². The van der Waals surface area contributed by atoms with E-state index >= 15 is 0 Å². The Kier molecular flexibility index (Phi) is 6.48. The summed E-state index contributed by atoms with van der Waals surface area (Å²) in [5.41, 5.74) is 1.37. The second kappa shape index (κ2) is 9.65. The summed E-state index contributed by atoms with van der Waals surface area (Å²) in [6.07, 6.45) is 3.17. The molecule has 1 saturated heterocycles. The minimum absolute atomic E-state index is 0.118. The molecule has 5 rings (SSSR count). The van der Waals surface area contributed by atoms with Crippen molar-refractivity contribution in [2.75, 3.05) is 18.8 Å². The van der Waals surface area contributed by atoms with E-state index in [1.807, 2.05) is 35.2 Å². The normalized spacial score (nSPS) is 14.8. The number of rotatable bonds is 6. The molecule has 32 heavy (non-hydrogen) atoms. The number of amides is 1. The first-order valence-electron chi connectivity index (χ1n) is 10.6. The average molecular weight is 484 g/mol. The summed E-state index contributed by atoms with van der Waals surface area (Å²) in [5, 5.41) is 10.2. The summed E-state index contributed by atoms with van der Waals surface area (Å²) in [4.78, 5) is 15.4. The quantitative estimate of drug-likeness (QED) is 0.306. The molecule has 0 N–H and O–H groups in total. The smallest absolute Gasteiger partial charge is 0.277 e. The Bertz CT molecular complexity index is 1220. The van der Waals surface area contributed by atoms with Gasteiger partial charge in [0, 0.05) is 23.2 Å². The third-order valence-corrected chi connectivity index (χ3v) is 8.26. The van der Waals surface area contributed by atoms with Crippen molar-refractivity contribution in [2.45, 2.75) is 24.5 Å². The second-order valence-electron chi connectivity index (χ2n) is 7.92. The van der Waals surface area contributed by atoms with Crippen molar-refractivity contribution in [2.24, 2.45) is 5.92 Å². The SMILES string of the molecule is O=C(CSc1nnc(-c2sc3ccccc3c2Cl)o1)N1CCC(Cc2ccccc2)CC1. The van der Waals surface area contributed by atoms with Gasteiger partial charge in [-0.05, 0) is 36.8 Å². The highest BCUT2D eigenvalue weighted by atomic mass is 35.5. The molecule has 0 saturated carbocycles. The third kappa shape index (κ3) is 4.70. The van der Waals surface area contributed by atoms with Gasteiger partial charge >= 0.3 is 0 Å². The van der Waals surface area contributed by atoms with E-state index in [4.69, 9.17) is 16.0 Å². The van der Waals surface area contributed by atoms with Gasteiger partial charge in [-0.3, -0.25) is 4.79 Å². The summed E-state index contributed by atoms with van der Waals surface area (Å²) >= 11 is 9.32. The fraction of sp³-hybridized carbons (Fsp3) is 0.292. The zero-order valence-corrected chi connectivity index (χ0v) is 19.8. The van der Waals surface area contributed by atoms with Crippen LogP contribution in [0.15, 0.2) is 64.2 Å². The van der Waals surface area contributed by atoms with Crippen LogP contribution in [0.2, 0.25) is 5.02 Å². The van der Waals surface area contributed by atoms with E-state index in [2.05, 4.69) is 34.5 Å². The van der Waals surface area contributed by atoms with Gasteiger partial charge in [-0.15, -0.1) is 21.5 Å². The Morgan fingerprint density at radius 2 is 1.84 bits per heavy atom. The van der Waals surface area contributed by atoms with Gasteiger partial charge in [-0.25, -0.2) is 0 Å². The number of thioether (sulfide) groups is 1. The number of carbonyl (C=O) groups excluding carboxylic acids is 1. The van der Waals surface area contributed by atoms with Gasteiger partial charge in [-0.1, -0.05) is 71.9 Å². The van der Waals surface area contributed by atoms with Gasteiger partial charge in [0.15, 0.2) is 0 Å². The van der Waals surface area contributed by atoms with Crippen LogP contribution in [-0.4, -0.2) is 39.8 Å². The van der Waals surface area contributed by atoms with E-state index in [0.29, 0.717) is 27.8 Å². The van der Waals surface area contributed by atoms with E-state index in [0.717, 1.165) is 47.3 Å². The van der Waals surface area contributed by atoms with Crippen LogP contribution in [0.5, 0.6) is 0 Å². The van der Waals surface area contributed by atoms with Crippen LogP contribution in [-0.2, 0) is 11.2 Å². The number of likely N-dealkylation sites (tertiary alicyclic amines) is 1. The molecule has 2 aromatic carbocycles. The minimum atomic E-state index is 0.118. The molecule has 0 spiro atoms. The van der Waals surface area contributed by atoms with Gasteiger partial charge in [-0.2, -0.15) is 0 Å². The largest absolute Gasteiger partial charge is 0.410 e. The number of nitrogens with zero attached hydrogens (tertiary/aromatic N) is 3. The number of benzene rings is 2. The Morgan fingerprint density at radius 1 is 1.09 bits per heavy atom. The number of hydrogen-bond acceptors (Lipinski definition) is 6. The lowest BCUT2D eigenvalue weighted by Gasteiger charge is -2.32. The lowest BCUT2D eigenvalue weighted by molar-refractivity contribution is -0.129. The van der Waals surface area contributed by atoms with Crippen molar-refractivity contribution in [3.63, 3.8) is 0 Å². The molecule has 5 nitrogen and oxygen atoms in total. The molecular weight excluding hydrogens is 462 g/mol. The van der Waals surface area contributed by atoms with Crippen molar-refractivity contribution >= 4 is 50.7 Å². The van der Waals surface area contributed by atoms with Crippen LogP contribution in [0.4, 0.5) is 0 Å². The Labute approximate surface area is 199 Å². The van der Waals surface area contributed by atoms with Crippen molar-refractivity contribution in [3.05, 3.63) is 65.2 Å². The maximum absolute atomic E-state index is 12.7. The van der Waals surface area contributed by atoms with Crippen molar-refractivity contribution < 1.29 is 9.21 Å². The Hall–Kier alpha value is -2.35. The third-order valence-electron chi connectivity index (χ3n) is 5.79. The highest BCUT2D eigenvalue weighted by Gasteiger charge is 2.24. The van der Waals surface area contributed by atoms with E-state index in [1.165, 1.54) is 28.7 Å². The molecule has 0 atom stereocenters. The molecular formula is C24H22ClN3O2S2. The predicted molar refractivity (Wildman–Crippen MR) is 130 cm³/mol. The molecule has 8 heteroatoms. The van der Waals surface area contributed by atoms with Crippen molar-refractivity contribution in [1.82, 2.24) is 15.1 Å². The zero-order valence-electron chi connectivity index (χ0n) is 17.4.